The van der Waals surface area contributed by atoms with Gasteiger partial charge in [0.1, 0.15) is 16.4 Å². The molecule has 1 rings (SSSR count). The molecule has 0 saturated carbocycles. The van der Waals surface area contributed by atoms with Crippen molar-refractivity contribution in [1.82, 2.24) is 0 Å². The van der Waals surface area contributed by atoms with Crippen LogP contribution in [0.25, 0.3) is 0 Å². The van der Waals surface area contributed by atoms with Crippen molar-refractivity contribution in [3.8, 4) is 5.75 Å². The van der Waals surface area contributed by atoms with Crippen LogP contribution in [0.15, 0.2) is 18.2 Å². The van der Waals surface area contributed by atoms with Crippen molar-refractivity contribution in [3.05, 3.63) is 29.3 Å². The number of ketones is 1. The summed E-state index contributed by atoms with van der Waals surface area (Å²) in [7, 11) is 0. The summed E-state index contributed by atoms with van der Waals surface area (Å²) in [4.78, 5) is 10.6. The van der Waals surface area contributed by atoms with Crippen LogP contribution in [0.1, 0.15) is 22.9 Å². The van der Waals surface area contributed by atoms with Gasteiger partial charge in [0.2, 0.25) is 0 Å². The molecule has 1 unspecified atom stereocenters. The van der Waals surface area contributed by atoms with Crippen LogP contribution in [0, 0.1) is 0 Å². The molecule has 94 valence electrons. The second kappa shape index (κ2) is 6.31. The first-order chi connectivity index (χ1) is 7.95. The summed E-state index contributed by atoms with van der Waals surface area (Å²) in [5, 5.41) is 0. The number of hydrogen-bond donors (Lipinski definition) is 0. The van der Waals surface area contributed by atoms with Crippen LogP contribution in [0.4, 0.5) is 8.78 Å². The molecule has 0 spiro atoms. The van der Waals surface area contributed by atoms with Gasteiger partial charge in [0.05, 0.1) is 0 Å². The van der Waals surface area contributed by atoms with Crippen LogP contribution in [-0.4, -0.2) is 12.4 Å². The summed E-state index contributed by atoms with van der Waals surface area (Å²) in [5.41, 5.74) is 1.09. The normalized spacial score (nSPS) is 12.6. The molecule has 0 aromatic heterocycles. The Labute approximate surface area is 111 Å². The van der Waals surface area contributed by atoms with Crippen LogP contribution >= 0.6 is 27.5 Å². The highest BCUT2D eigenvalue weighted by molar-refractivity contribution is 9.09. The van der Waals surface area contributed by atoms with Crippen LogP contribution in [-0.2, 0) is 10.7 Å². The second-order valence-electron chi connectivity index (χ2n) is 3.36. The summed E-state index contributed by atoms with van der Waals surface area (Å²) in [6, 6.07) is 4.54. The highest BCUT2D eigenvalue weighted by Gasteiger charge is 2.20. The summed E-state index contributed by atoms with van der Waals surface area (Å²) >= 11 is 8.79. The fraction of sp³-hybridized carbons (Fsp3) is 0.364. The molecule has 17 heavy (non-hydrogen) atoms. The standard InChI is InChI=1S/C11H10BrClF2O2/c1-6(16)10(12)8-4-7(5-13)2-3-9(8)17-11(14)15/h2-4,10-11H,5H2,1H3. The molecule has 0 aliphatic carbocycles. The average molecular weight is 328 g/mol. The van der Waals surface area contributed by atoms with Gasteiger partial charge >= 0.3 is 6.61 Å². The first-order valence-corrected chi connectivity index (χ1v) is 6.19. The third-order valence-electron chi connectivity index (χ3n) is 2.07. The molecule has 0 aliphatic rings. The maximum atomic E-state index is 12.2. The molecular weight excluding hydrogens is 317 g/mol. The molecule has 1 aromatic rings. The van der Waals surface area contributed by atoms with E-state index in [2.05, 4.69) is 20.7 Å². The Kier molecular flexibility index (Phi) is 5.33. The van der Waals surface area contributed by atoms with Crippen LogP contribution in [0.2, 0.25) is 0 Å². The van der Waals surface area contributed by atoms with Crippen LogP contribution in [0.3, 0.4) is 0 Å². The lowest BCUT2D eigenvalue weighted by Crippen LogP contribution is -2.08. The molecule has 0 heterocycles. The largest absolute Gasteiger partial charge is 0.434 e. The van der Waals surface area contributed by atoms with E-state index in [4.69, 9.17) is 11.6 Å². The maximum Gasteiger partial charge on any atom is 0.387 e. The Morgan fingerprint density at radius 1 is 1.53 bits per heavy atom. The molecule has 0 radical (unpaired) electrons. The van der Waals surface area contributed by atoms with E-state index in [-0.39, 0.29) is 17.4 Å². The molecule has 2 nitrogen and oxygen atoms in total. The highest BCUT2D eigenvalue weighted by Crippen LogP contribution is 2.34. The van der Waals surface area contributed by atoms with Gasteiger partial charge in [0.25, 0.3) is 0 Å². The summed E-state index contributed by atoms with van der Waals surface area (Å²) in [6.07, 6.45) is 0. The highest BCUT2D eigenvalue weighted by atomic mass is 79.9. The molecule has 0 saturated heterocycles. The van der Waals surface area contributed by atoms with E-state index in [0.717, 1.165) is 5.56 Å². The van der Waals surface area contributed by atoms with E-state index in [0.29, 0.717) is 5.56 Å². The average Bonchev–Trinajstić information content (AvgIpc) is 2.27. The van der Waals surface area contributed by atoms with Gasteiger partial charge in [-0.3, -0.25) is 4.79 Å². The third-order valence-corrected chi connectivity index (χ3v) is 3.52. The van der Waals surface area contributed by atoms with Crippen molar-refractivity contribution in [1.29, 1.82) is 0 Å². The number of rotatable bonds is 5. The molecule has 0 aliphatic heterocycles. The summed E-state index contributed by atoms with van der Waals surface area (Å²) in [6.45, 7) is -1.57. The van der Waals surface area contributed by atoms with Crippen molar-refractivity contribution in [2.45, 2.75) is 24.2 Å². The molecule has 0 amide bonds. The predicted octanol–water partition coefficient (Wildman–Crippen LogP) is 4.05. The maximum absolute atomic E-state index is 12.2. The molecule has 0 fully saturated rings. The lowest BCUT2D eigenvalue weighted by atomic mass is 10.1. The lowest BCUT2D eigenvalue weighted by Gasteiger charge is -2.14. The van der Waals surface area contributed by atoms with E-state index in [1.807, 2.05) is 0 Å². The zero-order valence-corrected chi connectivity index (χ0v) is 11.3. The van der Waals surface area contributed by atoms with E-state index in [9.17, 15) is 13.6 Å². The quantitative estimate of drug-likeness (QED) is 0.763. The number of Topliss-reactive ketones (excluding diaryl/α,β-unsaturated/α-hetero) is 1. The second-order valence-corrected chi connectivity index (χ2v) is 4.54. The van der Waals surface area contributed by atoms with Gasteiger partial charge in [-0.05, 0) is 24.6 Å². The predicted molar refractivity (Wildman–Crippen MR) is 65.0 cm³/mol. The number of hydrogen-bond acceptors (Lipinski definition) is 2. The Morgan fingerprint density at radius 3 is 2.65 bits per heavy atom. The molecule has 1 aromatic carbocycles. The Hall–Kier alpha value is -0.680. The van der Waals surface area contributed by atoms with Crippen molar-refractivity contribution >= 4 is 33.3 Å². The lowest BCUT2D eigenvalue weighted by molar-refractivity contribution is -0.116. The van der Waals surface area contributed by atoms with Gasteiger partial charge in [-0.1, -0.05) is 22.0 Å². The van der Waals surface area contributed by atoms with Gasteiger partial charge in [-0.25, -0.2) is 0 Å². The number of carbonyl (C=O) groups is 1. The number of carbonyl (C=O) groups excluding carboxylic acids is 1. The minimum absolute atomic E-state index is 0.0223. The molecule has 0 N–H and O–H groups in total. The Bertz CT molecular complexity index is 412. The van der Waals surface area contributed by atoms with E-state index in [1.54, 1.807) is 12.1 Å². The van der Waals surface area contributed by atoms with Gasteiger partial charge in [0, 0.05) is 11.4 Å². The Morgan fingerprint density at radius 2 is 2.18 bits per heavy atom. The van der Waals surface area contributed by atoms with Crippen molar-refractivity contribution < 1.29 is 18.3 Å². The number of benzene rings is 1. The van der Waals surface area contributed by atoms with Crippen LogP contribution in [0.5, 0.6) is 5.75 Å². The zero-order valence-electron chi connectivity index (χ0n) is 8.92. The summed E-state index contributed by atoms with van der Waals surface area (Å²) in [5.74, 6) is 0.0151. The zero-order chi connectivity index (χ0) is 13.0. The number of ether oxygens (including phenoxy) is 1. The third kappa shape index (κ3) is 3.92. The minimum atomic E-state index is -2.93. The van der Waals surface area contributed by atoms with Crippen molar-refractivity contribution in [2.75, 3.05) is 0 Å². The first kappa shape index (κ1) is 14.4. The van der Waals surface area contributed by atoms with Gasteiger partial charge in [0.15, 0.2) is 0 Å². The summed E-state index contributed by atoms with van der Waals surface area (Å²) < 4.78 is 28.8. The molecule has 6 heteroatoms. The fourth-order valence-electron chi connectivity index (χ4n) is 1.30. The SMILES string of the molecule is CC(=O)C(Br)c1cc(CCl)ccc1OC(F)F. The van der Waals surface area contributed by atoms with Crippen molar-refractivity contribution in [2.24, 2.45) is 0 Å². The topological polar surface area (TPSA) is 26.3 Å². The number of halogens is 4. The van der Waals surface area contributed by atoms with E-state index < -0.39 is 11.4 Å². The molecule has 1 atom stereocenters. The van der Waals surface area contributed by atoms with Crippen LogP contribution < -0.4 is 4.74 Å². The fourth-order valence-corrected chi connectivity index (χ4v) is 1.83. The van der Waals surface area contributed by atoms with Gasteiger partial charge in [-0.2, -0.15) is 8.78 Å². The van der Waals surface area contributed by atoms with E-state index in [1.165, 1.54) is 13.0 Å². The van der Waals surface area contributed by atoms with Crippen molar-refractivity contribution in [3.63, 3.8) is 0 Å². The number of alkyl halides is 4. The van der Waals surface area contributed by atoms with Gasteiger partial charge < -0.3 is 4.74 Å². The minimum Gasteiger partial charge on any atom is -0.434 e. The van der Waals surface area contributed by atoms with E-state index >= 15 is 0 Å². The smallest absolute Gasteiger partial charge is 0.387 e. The van der Waals surface area contributed by atoms with Gasteiger partial charge in [-0.15, -0.1) is 11.6 Å². The molecular formula is C11H10BrClF2O2. The Balaban J connectivity index is 3.15. The molecule has 0 bridgehead atoms. The first-order valence-electron chi connectivity index (χ1n) is 4.73. The monoisotopic (exact) mass is 326 g/mol.